The lowest BCUT2D eigenvalue weighted by Gasteiger charge is -2.40. The molecule has 0 aromatic carbocycles. The lowest BCUT2D eigenvalue weighted by molar-refractivity contribution is -0.302. The summed E-state index contributed by atoms with van der Waals surface area (Å²) in [6.07, 6.45) is 52.1. The number of aliphatic hydroxyl groups is 5. The van der Waals surface area contributed by atoms with Crippen LogP contribution in [0, 0.1) is 0 Å². The summed E-state index contributed by atoms with van der Waals surface area (Å²) in [5.74, 6) is -0.179. The number of aliphatic hydroxyl groups excluding tert-OH is 5. The number of carbonyl (C=O) groups is 1. The summed E-state index contributed by atoms with van der Waals surface area (Å²) in [7, 11) is 0. The fraction of sp³-hybridized carbons (Fsp3) is 0.836. The molecule has 0 aromatic heterocycles. The van der Waals surface area contributed by atoms with Crippen LogP contribution >= 0.6 is 0 Å². The molecule has 1 aliphatic rings. The van der Waals surface area contributed by atoms with Crippen LogP contribution < -0.4 is 5.32 Å². The second kappa shape index (κ2) is 45.0. The molecular formula is C55H101NO8. The molecule has 0 saturated carbocycles. The second-order valence-corrected chi connectivity index (χ2v) is 18.7. The molecule has 374 valence electrons. The van der Waals surface area contributed by atoms with Gasteiger partial charge in [-0.15, -0.1) is 0 Å². The Morgan fingerprint density at radius 3 is 1.36 bits per heavy atom. The summed E-state index contributed by atoms with van der Waals surface area (Å²) < 4.78 is 11.2. The number of ether oxygens (including phenoxy) is 2. The first-order valence-corrected chi connectivity index (χ1v) is 26.9. The first kappa shape index (κ1) is 60.2. The third-order valence-electron chi connectivity index (χ3n) is 12.6. The Bertz CT molecular complexity index is 1140. The van der Waals surface area contributed by atoms with Gasteiger partial charge in [0.15, 0.2) is 6.29 Å². The molecule has 9 nitrogen and oxygen atoms in total. The molecule has 7 atom stereocenters. The highest BCUT2D eigenvalue weighted by molar-refractivity contribution is 5.76. The molecule has 0 aromatic rings. The molecule has 1 saturated heterocycles. The lowest BCUT2D eigenvalue weighted by atomic mass is 9.99. The van der Waals surface area contributed by atoms with Crippen molar-refractivity contribution < 1.29 is 39.8 Å². The molecule has 0 aliphatic carbocycles. The average Bonchev–Trinajstić information content (AvgIpc) is 3.29. The summed E-state index contributed by atoms with van der Waals surface area (Å²) in [6, 6.07) is -0.801. The van der Waals surface area contributed by atoms with E-state index in [1.54, 1.807) is 6.08 Å². The fourth-order valence-corrected chi connectivity index (χ4v) is 8.34. The maximum atomic E-state index is 12.9. The predicted octanol–water partition coefficient (Wildman–Crippen LogP) is 12.6. The van der Waals surface area contributed by atoms with Gasteiger partial charge in [-0.25, -0.2) is 0 Å². The summed E-state index contributed by atoms with van der Waals surface area (Å²) in [5.41, 5.74) is 0. The number of hydrogen-bond acceptors (Lipinski definition) is 8. The number of carbonyl (C=O) groups excluding carboxylic acids is 1. The number of rotatable bonds is 45. The van der Waals surface area contributed by atoms with E-state index in [1.807, 2.05) is 6.08 Å². The van der Waals surface area contributed by atoms with Crippen LogP contribution in [0.1, 0.15) is 239 Å². The number of allylic oxidation sites excluding steroid dienone is 7. The van der Waals surface area contributed by atoms with E-state index in [4.69, 9.17) is 9.47 Å². The maximum absolute atomic E-state index is 12.9. The van der Waals surface area contributed by atoms with Gasteiger partial charge in [0.2, 0.25) is 5.91 Å². The predicted molar refractivity (Wildman–Crippen MR) is 267 cm³/mol. The van der Waals surface area contributed by atoms with Crippen molar-refractivity contribution in [1.29, 1.82) is 0 Å². The van der Waals surface area contributed by atoms with Crippen LogP contribution in [-0.4, -0.2) is 87.5 Å². The van der Waals surface area contributed by atoms with Crippen LogP contribution in [0.4, 0.5) is 0 Å². The highest BCUT2D eigenvalue weighted by Gasteiger charge is 2.44. The van der Waals surface area contributed by atoms with Crippen molar-refractivity contribution in [2.24, 2.45) is 0 Å². The summed E-state index contributed by atoms with van der Waals surface area (Å²) in [4.78, 5) is 12.9. The monoisotopic (exact) mass is 904 g/mol. The van der Waals surface area contributed by atoms with Gasteiger partial charge >= 0.3 is 0 Å². The van der Waals surface area contributed by atoms with Crippen molar-refractivity contribution in [2.45, 2.75) is 281 Å². The molecule has 1 amide bonds. The summed E-state index contributed by atoms with van der Waals surface area (Å²) >= 11 is 0. The van der Waals surface area contributed by atoms with Crippen molar-refractivity contribution in [3.63, 3.8) is 0 Å². The number of amides is 1. The molecule has 1 rings (SSSR count). The highest BCUT2D eigenvalue weighted by Crippen LogP contribution is 2.23. The van der Waals surface area contributed by atoms with Gasteiger partial charge in [-0.05, 0) is 57.8 Å². The van der Waals surface area contributed by atoms with Crippen LogP contribution in [0.5, 0.6) is 0 Å². The standard InChI is InChI=1S/C55H101NO8/c1-3-5-7-9-11-13-14-15-16-17-18-19-20-21-22-23-24-25-26-27-28-29-30-31-32-33-34-35-36-37-39-41-43-45-51(59)56-48(49(58)44-42-40-38-12-10-8-6-4-2)47-63-55-54(62)53(61)52(60)50(46-57)64-55/h14-15,17-18,20-21,42,44,48-50,52-55,57-58,60-62H,3-13,16,19,22-41,43,45-47H2,1-2H3,(H,56,59)/b15-14-,18-17-,21-20-,44-42+. The Kier molecular flexibility index (Phi) is 42.3. The first-order chi connectivity index (χ1) is 31.3. The van der Waals surface area contributed by atoms with Gasteiger partial charge in [0, 0.05) is 6.42 Å². The number of nitrogens with one attached hydrogen (secondary N) is 1. The van der Waals surface area contributed by atoms with E-state index in [-0.39, 0.29) is 12.5 Å². The molecule has 1 fully saturated rings. The van der Waals surface area contributed by atoms with Crippen molar-refractivity contribution in [2.75, 3.05) is 13.2 Å². The van der Waals surface area contributed by atoms with Crippen LogP contribution in [0.25, 0.3) is 0 Å². The largest absolute Gasteiger partial charge is 0.394 e. The van der Waals surface area contributed by atoms with E-state index in [1.165, 1.54) is 167 Å². The van der Waals surface area contributed by atoms with Crippen LogP contribution in [0.2, 0.25) is 0 Å². The molecule has 1 aliphatic heterocycles. The summed E-state index contributed by atoms with van der Waals surface area (Å²) in [5, 5.41) is 54.1. The van der Waals surface area contributed by atoms with Gasteiger partial charge in [0.1, 0.15) is 24.4 Å². The molecule has 7 unspecified atom stereocenters. The Morgan fingerprint density at radius 2 is 0.922 bits per heavy atom. The fourth-order valence-electron chi connectivity index (χ4n) is 8.34. The van der Waals surface area contributed by atoms with Crippen LogP contribution in [-0.2, 0) is 14.3 Å². The van der Waals surface area contributed by atoms with E-state index >= 15 is 0 Å². The zero-order valence-corrected chi connectivity index (χ0v) is 41.3. The van der Waals surface area contributed by atoms with Crippen molar-refractivity contribution in [3.05, 3.63) is 48.6 Å². The summed E-state index contributed by atoms with van der Waals surface area (Å²) in [6.45, 7) is 3.72. The highest BCUT2D eigenvalue weighted by atomic mass is 16.7. The van der Waals surface area contributed by atoms with Crippen molar-refractivity contribution >= 4 is 5.91 Å². The van der Waals surface area contributed by atoms with Crippen molar-refractivity contribution in [3.8, 4) is 0 Å². The first-order valence-electron chi connectivity index (χ1n) is 26.9. The van der Waals surface area contributed by atoms with Gasteiger partial charge in [-0.3, -0.25) is 4.79 Å². The minimum absolute atomic E-state index is 0.179. The average molecular weight is 904 g/mol. The molecule has 0 spiro atoms. The quantitative estimate of drug-likeness (QED) is 0.0261. The third-order valence-corrected chi connectivity index (χ3v) is 12.6. The minimum Gasteiger partial charge on any atom is -0.394 e. The molecule has 0 radical (unpaired) electrons. The molecule has 9 heteroatoms. The van der Waals surface area contributed by atoms with Gasteiger partial charge in [0.05, 0.1) is 25.4 Å². The van der Waals surface area contributed by atoms with Gasteiger partial charge in [0.25, 0.3) is 0 Å². The number of unbranched alkanes of at least 4 members (excludes halogenated alkanes) is 29. The van der Waals surface area contributed by atoms with E-state index in [9.17, 15) is 30.3 Å². The van der Waals surface area contributed by atoms with Crippen LogP contribution in [0.15, 0.2) is 48.6 Å². The lowest BCUT2D eigenvalue weighted by Crippen LogP contribution is -2.60. The molecule has 6 N–H and O–H groups in total. The Labute approximate surface area is 393 Å². The van der Waals surface area contributed by atoms with E-state index in [2.05, 4.69) is 55.6 Å². The van der Waals surface area contributed by atoms with Gasteiger partial charge < -0.3 is 40.3 Å². The van der Waals surface area contributed by atoms with E-state index in [0.717, 1.165) is 51.4 Å². The Balaban J connectivity index is 2.07. The zero-order valence-electron chi connectivity index (χ0n) is 41.3. The minimum atomic E-state index is -1.56. The topological polar surface area (TPSA) is 149 Å². The van der Waals surface area contributed by atoms with E-state index < -0.39 is 49.5 Å². The maximum Gasteiger partial charge on any atom is 0.220 e. The van der Waals surface area contributed by atoms with Gasteiger partial charge in [-0.2, -0.15) is 0 Å². The smallest absolute Gasteiger partial charge is 0.220 e. The van der Waals surface area contributed by atoms with Crippen molar-refractivity contribution in [1.82, 2.24) is 5.32 Å². The Morgan fingerprint density at radius 1 is 0.531 bits per heavy atom. The molecule has 0 bridgehead atoms. The normalized spacial score (nSPS) is 20.4. The molecule has 64 heavy (non-hydrogen) atoms. The second-order valence-electron chi connectivity index (χ2n) is 18.7. The number of hydrogen-bond donors (Lipinski definition) is 6. The third kappa shape index (κ3) is 34.5. The zero-order chi connectivity index (χ0) is 46.6. The Hall–Kier alpha value is -1.85. The van der Waals surface area contributed by atoms with E-state index in [0.29, 0.717) is 6.42 Å². The SMILES string of the molecule is CCCCCCC/C=C\C/C=C\C/C=C\CCCCCCCCCCCCCCCCCCCCC(=O)NC(COC1OC(CO)C(O)C(O)C1O)C(O)/C=C/CCCCCCCC. The molecule has 1 heterocycles. The van der Waals surface area contributed by atoms with Crippen LogP contribution in [0.3, 0.4) is 0 Å². The van der Waals surface area contributed by atoms with Gasteiger partial charge in [-0.1, -0.05) is 223 Å². The molecular weight excluding hydrogens is 803 g/mol.